The number of hydrogen-bond acceptors (Lipinski definition) is 1. The molecule has 0 saturated heterocycles. The van der Waals surface area contributed by atoms with Crippen LogP contribution in [0.4, 0.5) is 0 Å². The van der Waals surface area contributed by atoms with Crippen LogP contribution >= 0.6 is 0 Å². The second-order valence-electron chi connectivity index (χ2n) is 4.52. The van der Waals surface area contributed by atoms with Crippen molar-refractivity contribution in [3.63, 3.8) is 0 Å². The van der Waals surface area contributed by atoms with Crippen LogP contribution in [0.25, 0.3) is 0 Å². The van der Waals surface area contributed by atoms with Crippen molar-refractivity contribution in [3.8, 4) is 0 Å². The molecule has 0 heterocycles. The molecule has 15 heavy (non-hydrogen) atoms. The third kappa shape index (κ3) is 3.67. The predicted molar refractivity (Wildman–Crippen MR) is 67.3 cm³/mol. The summed E-state index contributed by atoms with van der Waals surface area (Å²) in [6.07, 6.45) is 1.20. The summed E-state index contributed by atoms with van der Waals surface area (Å²) in [5, 5.41) is 3.44. The first-order valence-corrected chi connectivity index (χ1v) is 5.95. The van der Waals surface area contributed by atoms with Crippen molar-refractivity contribution in [2.75, 3.05) is 6.54 Å². The Balaban J connectivity index is 2.70. The number of nitrogens with one attached hydrogen (secondary N) is 1. The highest BCUT2D eigenvalue weighted by Crippen LogP contribution is 2.20. The molecule has 0 amide bonds. The van der Waals surface area contributed by atoms with Crippen molar-refractivity contribution in [2.45, 2.75) is 46.6 Å². The second-order valence-corrected chi connectivity index (χ2v) is 4.52. The summed E-state index contributed by atoms with van der Waals surface area (Å²) in [6, 6.07) is 6.80. The molecule has 0 saturated carbocycles. The van der Waals surface area contributed by atoms with Crippen LogP contribution in [-0.4, -0.2) is 6.54 Å². The van der Waals surface area contributed by atoms with Gasteiger partial charge in [0.2, 0.25) is 0 Å². The third-order valence-electron chi connectivity index (χ3n) is 2.72. The van der Waals surface area contributed by atoms with Crippen molar-refractivity contribution in [1.82, 2.24) is 5.32 Å². The second kappa shape index (κ2) is 5.92. The van der Waals surface area contributed by atoms with Crippen molar-refractivity contribution in [3.05, 3.63) is 34.9 Å². The van der Waals surface area contributed by atoms with Crippen LogP contribution in [0.5, 0.6) is 0 Å². The molecule has 1 nitrogen and oxygen atoms in total. The standard InChI is InChI=1S/C14H23N/c1-5-8-15-10-13-7-6-12(4)14(9-13)11(2)3/h6-7,9,11,15H,5,8,10H2,1-4H3. The SMILES string of the molecule is CCCNCc1ccc(C)c(C(C)C)c1. The molecule has 1 N–H and O–H groups in total. The first-order chi connectivity index (χ1) is 7.15. The topological polar surface area (TPSA) is 12.0 Å². The van der Waals surface area contributed by atoms with Gasteiger partial charge in [-0.25, -0.2) is 0 Å². The molecule has 84 valence electrons. The molecule has 0 atom stereocenters. The molecule has 1 heteroatoms. The fourth-order valence-electron chi connectivity index (χ4n) is 1.83. The lowest BCUT2D eigenvalue weighted by Gasteiger charge is -2.12. The van der Waals surface area contributed by atoms with E-state index in [4.69, 9.17) is 0 Å². The highest BCUT2D eigenvalue weighted by atomic mass is 14.8. The van der Waals surface area contributed by atoms with Crippen LogP contribution < -0.4 is 5.32 Å². The highest BCUT2D eigenvalue weighted by molar-refractivity contribution is 5.33. The van der Waals surface area contributed by atoms with E-state index in [0.717, 1.165) is 13.1 Å². The average Bonchev–Trinajstić information content (AvgIpc) is 2.20. The quantitative estimate of drug-likeness (QED) is 0.724. The molecule has 0 aliphatic carbocycles. The molecule has 0 radical (unpaired) electrons. The Bertz CT molecular complexity index is 302. The van der Waals surface area contributed by atoms with Crippen LogP contribution in [0.15, 0.2) is 18.2 Å². The molecule has 0 bridgehead atoms. The lowest BCUT2D eigenvalue weighted by atomic mass is 9.96. The number of benzene rings is 1. The van der Waals surface area contributed by atoms with Gasteiger partial charge in [-0.1, -0.05) is 39.0 Å². The molecule has 0 aromatic heterocycles. The summed E-state index contributed by atoms with van der Waals surface area (Å²) in [5.74, 6) is 0.621. The van der Waals surface area contributed by atoms with Gasteiger partial charge >= 0.3 is 0 Å². The van der Waals surface area contributed by atoms with Gasteiger partial charge in [-0.2, -0.15) is 0 Å². The van der Waals surface area contributed by atoms with Gasteiger partial charge in [0, 0.05) is 6.54 Å². The Morgan fingerprint density at radius 2 is 2.00 bits per heavy atom. The van der Waals surface area contributed by atoms with Gasteiger partial charge in [-0.15, -0.1) is 0 Å². The molecule has 1 rings (SSSR count). The number of rotatable bonds is 5. The molecule has 1 aromatic carbocycles. The fraction of sp³-hybridized carbons (Fsp3) is 0.571. The summed E-state index contributed by atoms with van der Waals surface area (Å²) in [7, 11) is 0. The average molecular weight is 205 g/mol. The van der Waals surface area contributed by atoms with Gasteiger partial charge in [-0.3, -0.25) is 0 Å². The summed E-state index contributed by atoms with van der Waals surface area (Å²) >= 11 is 0. The largest absolute Gasteiger partial charge is 0.313 e. The molecular formula is C14H23N. The van der Waals surface area contributed by atoms with E-state index in [0.29, 0.717) is 5.92 Å². The monoisotopic (exact) mass is 205 g/mol. The van der Waals surface area contributed by atoms with Crippen LogP contribution in [0.2, 0.25) is 0 Å². The number of hydrogen-bond donors (Lipinski definition) is 1. The third-order valence-corrected chi connectivity index (χ3v) is 2.72. The minimum absolute atomic E-state index is 0.621. The highest BCUT2D eigenvalue weighted by Gasteiger charge is 2.04. The molecule has 0 aliphatic rings. The van der Waals surface area contributed by atoms with Crippen molar-refractivity contribution < 1.29 is 0 Å². The molecule has 0 spiro atoms. The maximum atomic E-state index is 3.44. The predicted octanol–water partition coefficient (Wildman–Crippen LogP) is 3.62. The van der Waals surface area contributed by atoms with Gasteiger partial charge in [0.25, 0.3) is 0 Å². The summed E-state index contributed by atoms with van der Waals surface area (Å²) in [5.41, 5.74) is 4.28. The zero-order valence-electron chi connectivity index (χ0n) is 10.4. The molecule has 1 aromatic rings. The normalized spacial score (nSPS) is 11.0. The fourth-order valence-corrected chi connectivity index (χ4v) is 1.83. The minimum atomic E-state index is 0.621. The first-order valence-electron chi connectivity index (χ1n) is 5.95. The Kier molecular flexibility index (Phi) is 4.83. The van der Waals surface area contributed by atoms with Gasteiger partial charge in [0.05, 0.1) is 0 Å². The molecule has 0 unspecified atom stereocenters. The summed E-state index contributed by atoms with van der Waals surface area (Å²) < 4.78 is 0. The van der Waals surface area contributed by atoms with E-state index in [9.17, 15) is 0 Å². The molecule has 0 aliphatic heterocycles. The van der Waals surface area contributed by atoms with Crippen molar-refractivity contribution >= 4 is 0 Å². The maximum Gasteiger partial charge on any atom is 0.0205 e. The lowest BCUT2D eigenvalue weighted by Crippen LogP contribution is -2.14. The van der Waals surface area contributed by atoms with Gasteiger partial charge < -0.3 is 5.32 Å². The van der Waals surface area contributed by atoms with E-state index >= 15 is 0 Å². The Hall–Kier alpha value is -0.820. The Labute approximate surface area is 93.9 Å². The minimum Gasteiger partial charge on any atom is -0.313 e. The molecule has 0 fully saturated rings. The van der Waals surface area contributed by atoms with E-state index in [1.165, 1.54) is 23.1 Å². The van der Waals surface area contributed by atoms with Crippen molar-refractivity contribution in [2.24, 2.45) is 0 Å². The Morgan fingerprint density at radius 3 is 2.60 bits per heavy atom. The van der Waals surface area contributed by atoms with Crippen LogP contribution in [0, 0.1) is 6.92 Å². The van der Waals surface area contributed by atoms with E-state index in [2.05, 4.69) is 51.2 Å². The smallest absolute Gasteiger partial charge is 0.0205 e. The lowest BCUT2D eigenvalue weighted by molar-refractivity contribution is 0.674. The van der Waals surface area contributed by atoms with Gasteiger partial charge in [0.1, 0.15) is 0 Å². The van der Waals surface area contributed by atoms with Crippen LogP contribution in [0.3, 0.4) is 0 Å². The Morgan fingerprint density at radius 1 is 1.27 bits per heavy atom. The zero-order chi connectivity index (χ0) is 11.3. The van der Waals surface area contributed by atoms with E-state index in [-0.39, 0.29) is 0 Å². The zero-order valence-corrected chi connectivity index (χ0v) is 10.4. The van der Waals surface area contributed by atoms with E-state index in [1.807, 2.05) is 0 Å². The van der Waals surface area contributed by atoms with Crippen LogP contribution in [-0.2, 0) is 6.54 Å². The summed E-state index contributed by atoms with van der Waals surface area (Å²) in [6.45, 7) is 11.0. The van der Waals surface area contributed by atoms with Crippen LogP contribution in [0.1, 0.15) is 49.8 Å². The van der Waals surface area contributed by atoms with Gasteiger partial charge in [-0.05, 0) is 42.5 Å². The molecular weight excluding hydrogens is 182 g/mol. The number of aryl methyl sites for hydroxylation is 1. The maximum absolute atomic E-state index is 3.44. The first kappa shape index (κ1) is 12.3. The summed E-state index contributed by atoms with van der Waals surface area (Å²) in [4.78, 5) is 0. The van der Waals surface area contributed by atoms with Crippen molar-refractivity contribution in [1.29, 1.82) is 0 Å². The van der Waals surface area contributed by atoms with Gasteiger partial charge in [0.15, 0.2) is 0 Å². The van der Waals surface area contributed by atoms with E-state index in [1.54, 1.807) is 0 Å². The van der Waals surface area contributed by atoms with E-state index < -0.39 is 0 Å².